The van der Waals surface area contributed by atoms with E-state index >= 15 is 0 Å². The average Bonchev–Trinajstić information content (AvgIpc) is 3.38. The number of allylic oxidation sites excluding steroid dienone is 12. The lowest BCUT2D eigenvalue weighted by molar-refractivity contribution is -0.167. The highest BCUT2D eigenvalue weighted by Gasteiger charge is 2.19. The van der Waals surface area contributed by atoms with Crippen LogP contribution in [0.1, 0.15) is 310 Å². The lowest BCUT2D eigenvalue weighted by atomic mass is 10.1. The molecule has 0 heterocycles. The van der Waals surface area contributed by atoms with Crippen LogP contribution in [0.2, 0.25) is 0 Å². The van der Waals surface area contributed by atoms with Crippen LogP contribution in [0.5, 0.6) is 0 Å². The van der Waals surface area contributed by atoms with Gasteiger partial charge in [-0.05, 0) is 116 Å². The number of carbonyl (C=O) groups excluding carboxylic acids is 3. The van der Waals surface area contributed by atoms with E-state index in [2.05, 4.69) is 93.7 Å². The Morgan fingerprint density at radius 1 is 0.278 bits per heavy atom. The molecule has 6 heteroatoms. The maximum absolute atomic E-state index is 12.9. The van der Waals surface area contributed by atoms with Crippen LogP contribution in [0.3, 0.4) is 0 Å². The minimum absolute atomic E-state index is 0.0908. The van der Waals surface area contributed by atoms with E-state index in [1.165, 1.54) is 180 Å². The van der Waals surface area contributed by atoms with E-state index < -0.39 is 6.10 Å². The maximum atomic E-state index is 12.9. The van der Waals surface area contributed by atoms with Gasteiger partial charge in [-0.15, -0.1) is 0 Å². The third-order valence-corrected chi connectivity index (χ3v) is 13.4. The van der Waals surface area contributed by atoms with E-state index in [0.717, 1.165) is 89.9 Å². The largest absolute Gasteiger partial charge is 0.462 e. The Morgan fingerprint density at radius 3 is 0.833 bits per heavy atom. The number of ether oxygens (including phenoxy) is 3. The van der Waals surface area contributed by atoms with Gasteiger partial charge in [0.15, 0.2) is 6.10 Å². The number of hydrogen-bond acceptors (Lipinski definition) is 6. The molecule has 0 amide bonds. The van der Waals surface area contributed by atoms with Gasteiger partial charge in [-0.3, -0.25) is 14.4 Å². The number of carbonyl (C=O) groups is 3. The van der Waals surface area contributed by atoms with Crippen molar-refractivity contribution in [3.8, 4) is 0 Å². The van der Waals surface area contributed by atoms with Gasteiger partial charge in [0, 0.05) is 19.3 Å². The normalized spacial score (nSPS) is 12.5. The lowest BCUT2D eigenvalue weighted by Gasteiger charge is -2.18. The Kier molecular flexibility index (Phi) is 57.8. The molecule has 0 aliphatic carbocycles. The van der Waals surface area contributed by atoms with E-state index in [0.29, 0.717) is 19.3 Å². The van der Waals surface area contributed by atoms with Gasteiger partial charge in [0.25, 0.3) is 0 Å². The van der Waals surface area contributed by atoms with Crippen LogP contribution in [0.25, 0.3) is 0 Å². The summed E-state index contributed by atoms with van der Waals surface area (Å²) in [6, 6.07) is 0. The van der Waals surface area contributed by atoms with E-state index in [4.69, 9.17) is 14.2 Å². The molecule has 0 bridgehead atoms. The standard InChI is InChI=1S/C66H116O6/c1-4-7-10-13-16-19-22-25-28-31-33-35-38-41-44-47-50-53-56-59-65(68)71-62-63(61-70-64(67)58-55-52-49-46-43-40-37-30-27-24-21-18-15-12-9-6-3)72-66(69)60-57-54-51-48-45-42-39-36-34-32-29-26-23-20-17-14-11-8-5-2/h16,19,25,28,30,32-35,37,41,44,63H,4-15,17-18,20-24,26-27,29,31,36,38-40,42-43,45-62H2,1-3H3/b19-16-,28-25-,34-32-,35-33-,37-30-,44-41-/t63-/m1/s1. The van der Waals surface area contributed by atoms with E-state index in [1.807, 2.05) is 0 Å². The quantitative estimate of drug-likeness (QED) is 0.0261. The highest BCUT2D eigenvalue weighted by Crippen LogP contribution is 2.15. The summed E-state index contributed by atoms with van der Waals surface area (Å²) < 4.78 is 16.9. The molecule has 0 aromatic rings. The summed E-state index contributed by atoms with van der Waals surface area (Å²) in [5, 5.41) is 0. The van der Waals surface area contributed by atoms with Gasteiger partial charge in [0.2, 0.25) is 0 Å². The summed E-state index contributed by atoms with van der Waals surface area (Å²) >= 11 is 0. The zero-order valence-corrected chi connectivity index (χ0v) is 47.7. The first-order chi connectivity index (χ1) is 35.5. The van der Waals surface area contributed by atoms with Gasteiger partial charge in [0.1, 0.15) is 13.2 Å². The highest BCUT2D eigenvalue weighted by atomic mass is 16.6. The smallest absolute Gasteiger partial charge is 0.306 e. The van der Waals surface area contributed by atoms with Crippen LogP contribution in [-0.2, 0) is 28.6 Å². The summed E-state index contributed by atoms with van der Waals surface area (Å²) in [6.45, 7) is 6.60. The van der Waals surface area contributed by atoms with E-state index in [9.17, 15) is 14.4 Å². The summed E-state index contributed by atoms with van der Waals surface area (Å²) in [7, 11) is 0. The number of unbranched alkanes of at least 4 members (excludes halogenated alkanes) is 33. The van der Waals surface area contributed by atoms with E-state index in [1.54, 1.807) is 0 Å². The molecule has 0 saturated carbocycles. The minimum Gasteiger partial charge on any atom is -0.462 e. The molecule has 0 unspecified atom stereocenters. The lowest BCUT2D eigenvalue weighted by Crippen LogP contribution is -2.30. The second kappa shape index (κ2) is 60.4. The van der Waals surface area contributed by atoms with Crippen LogP contribution < -0.4 is 0 Å². The molecule has 1 atom stereocenters. The van der Waals surface area contributed by atoms with Gasteiger partial charge in [-0.1, -0.05) is 248 Å². The van der Waals surface area contributed by atoms with Crippen molar-refractivity contribution in [1.82, 2.24) is 0 Å². The van der Waals surface area contributed by atoms with Crippen LogP contribution >= 0.6 is 0 Å². The summed E-state index contributed by atoms with van der Waals surface area (Å²) in [6.07, 6.45) is 77.5. The van der Waals surface area contributed by atoms with Crippen LogP contribution in [0.15, 0.2) is 72.9 Å². The molecule has 0 rings (SSSR count). The van der Waals surface area contributed by atoms with Gasteiger partial charge in [0.05, 0.1) is 0 Å². The molecule has 0 aromatic heterocycles. The van der Waals surface area contributed by atoms with Crippen LogP contribution in [-0.4, -0.2) is 37.2 Å². The fourth-order valence-electron chi connectivity index (χ4n) is 8.71. The van der Waals surface area contributed by atoms with Crippen molar-refractivity contribution in [2.45, 2.75) is 316 Å². The first kappa shape index (κ1) is 68.8. The Balaban J connectivity index is 4.44. The molecule has 0 N–H and O–H groups in total. The molecular formula is C66H116O6. The van der Waals surface area contributed by atoms with Crippen molar-refractivity contribution < 1.29 is 28.6 Å². The first-order valence-corrected chi connectivity index (χ1v) is 30.9. The Bertz CT molecular complexity index is 1340. The molecule has 0 spiro atoms. The molecule has 0 radical (unpaired) electrons. The second-order valence-corrected chi connectivity index (χ2v) is 20.6. The van der Waals surface area contributed by atoms with Crippen LogP contribution in [0.4, 0.5) is 0 Å². The predicted octanol–water partition coefficient (Wildman–Crippen LogP) is 20.9. The number of rotatable bonds is 56. The Morgan fingerprint density at radius 2 is 0.500 bits per heavy atom. The first-order valence-electron chi connectivity index (χ1n) is 30.9. The van der Waals surface area contributed by atoms with Crippen molar-refractivity contribution >= 4 is 17.9 Å². The van der Waals surface area contributed by atoms with Crippen molar-refractivity contribution in [2.24, 2.45) is 0 Å². The Hall–Kier alpha value is -3.15. The molecule has 0 aliphatic heterocycles. The molecule has 0 aliphatic rings. The molecular weight excluding hydrogens is 889 g/mol. The zero-order chi connectivity index (χ0) is 52.2. The van der Waals surface area contributed by atoms with Crippen molar-refractivity contribution in [2.75, 3.05) is 13.2 Å². The number of hydrogen-bond donors (Lipinski definition) is 0. The molecule has 6 nitrogen and oxygen atoms in total. The van der Waals surface area contributed by atoms with Crippen molar-refractivity contribution in [1.29, 1.82) is 0 Å². The Labute approximate surface area is 446 Å². The molecule has 0 fully saturated rings. The molecule has 416 valence electrons. The minimum atomic E-state index is -0.795. The average molecular weight is 1010 g/mol. The van der Waals surface area contributed by atoms with Crippen molar-refractivity contribution in [3.05, 3.63) is 72.9 Å². The third kappa shape index (κ3) is 57.7. The van der Waals surface area contributed by atoms with E-state index in [-0.39, 0.29) is 31.1 Å². The summed E-state index contributed by atoms with van der Waals surface area (Å²) in [5.41, 5.74) is 0. The molecule has 72 heavy (non-hydrogen) atoms. The second-order valence-electron chi connectivity index (χ2n) is 20.6. The molecule has 0 aromatic carbocycles. The fourth-order valence-corrected chi connectivity index (χ4v) is 8.71. The monoisotopic (exact) mass is 1000 g/mol. The fraction of sp³-hybridized carbons (Fsp3) is 0.773. The SMILES string of the molecule is CCCCC/C=C\C/C=C\C/C=C\C/C=C\CCCCCC(=O)OC[C@@H](COC(=O)CCCCCCC/C=C\CCCCCCCCC)OC(=O)CCCCCCCCC/C=C\CCCCCCCCCC. The topological polar surface area (TPSA) is 78.9 Å². The predicted molar refractivity (Wildman–Crippen MR) is 311 cm³/mol. The zero-order valence-electron chi connectivity index (χ0n) is 47.7. The van der Waals surface area contributed by atoms with Crippen LogP contribution in [0, 0.1) is 0 Å². The number of esters is 3. The van der Waals surface area contributed by atoms with Gasteiger partial charge < -0.3 is 14.2 Å². The van der Waals surface area contributed by atoms with Crippen molar-refractivity contribution in [3.63, 3.8) is 0 Å². The third-order valence-electron chi connectivity index (χ3n) is 13.4. The summed E-state index contributed by atoms with van der Waals surface area (Å²) in [5.74, 6) is -0.923. The maximum Gasteiger partial charge on any atom is 0.306 e. The molecule has 0 saturated heterocycles. The van der Waals surface area contributed by atoms with Gasteiger partial charge in [-0.2, -0.15) is 0 Å². The summed E-state index contributed by atoms with van der Waals surface area (Å²) in [4.78, 5) is 38.3. The highest BCUT2D eigenvalue weighted by molar-refractivity contribution is 5.71. The van der Waals surface area contributed by atoms with Gasteiger partial charge in [-0.25, -0.2) is 0 Å². The van der Waals surface area contributed by atoms with Gasteiger partial charge >= 0.3 is 17.9 Å².